The number of aromatic nitrogens is 2. The van der Waals surface area contributed by atoms with Gasteiger partial charge in [0.15, 0.2) is 0 Å². The Morgan fingerprint density at radius 3 is 2.26 bits per heavy atom. The third-order valence-corrected chi connectivity index (χ3v) is 7.59. The molecule has 2 aromatic carbocycles. The quantitative estimate of drug-likeness (QED) is 0.668. The molecule has 2 heterocycles. The first kappa shape index (κ1) is 21.5. The maximum absolute atomic E-state index is 13.0. The Bertz CT molecular complexity index is 1190. The van der Waals surface area contributed by atoms with Crippen LogP contribution in [0.15, 0.2) is 59.5 Å². The topological polar surface area (TPSA) is 84.3 Å². The van der Waals surface area contributed by atoms with Gasteiger partial charge in [-0.25, -0.2) is 13.4 Å². The number of imidazole rings is 1. The molecule has 7 nitrogen and oxygen atoms in total. The first-order valence-electron chi connectivity index (χ1n) is 10.5. The standard InChI is InChI=1S/C23H28N4O3S/c1-23(2,3)27-20-12-8-7-11-19(20)24-22(27)25-21(28)17-13-15-26(16-14-17)31(29,30)18-9-5-4-6-10-18/h4-12,17H,13-16H2,1-3H3,(H,24,25,28). The summed E-state index contributed by atoms with van der Waals surface area (Å²) in [6.45, 7) is 6.87. The first-order valence-corrected chi connectivity index (χ1v) is 12.0. The van der Waals surface area contributed by atoms with Crippen LogP contribution in [0.3, 0.4) is 0 Å². The van der Waals surface area contributed by atoms with Gasteiger partial charge in [0.05, 0.1) is 15.9 Å². The first-order chi connectivity index (χ1) is 14.7. The number of carbonyl (C=O) groups excluding carboxylic acids is 1. The smallest absolute Gasteiger partial charge is 0.243 e. The molecule has 1 aromatic heterocycles. The van der Waals surface area contributed by atoms with E-state index in [4.69, 9.17) is 0 Å². The van der Waals surface area contributed by atoms with Gasteiger partial charge in [-0.2, -0.15) is 4.31 Å². The summed E-state index contributed by atoms with van der Waals surface area (Å²) in [5, 5.41) is 3.01. The number of amides is 1. The summed E-state index contributed by atoms with van der Waals surface area (Å²) >= 11 is 0. The minimum atomic E-state index is -3.53. The van der Waals surface area contributed by atoms with E-state index in [1.807, 2.05) is 28.8 Å². The molecule has 1 saturated heterocycles. The van der Waals surface area contributed by atoms with Crippen LogP contribution in [0.2, 0.25) is 0 Å². The lowest BCUT2D eigenvalue weighted by Crippen LogP contribution is -2.41. The molecule has 1 fully saturated rings. The lowest BCUT2D eigenvalue weighted by molar-refractivity contribution is -0.121. The Hall–Kier alpha value is -2.71. The largest absolute Gasteiger partial charge is 0.305 e. The van der Waals surface area contributed by atoms with Crippen LogP contribution in [-0.2, 0) is 20.4 Å². The van der Waals surface area contributed by atoms with E-state index in [0.717, 1.165) is 11.0 Å². The number of rotatable bonds is 4. The molecule has 0 atom stereocenters. The summed E-state index contributed by atoms with van der Waals surface area (Å²) in [6, 6.07) is 16.2. The Morgan fingerprint density at radius 1 is 1.00 bits per heavy atom. The number of benzene rings is 2. The predicted molar refractivity (Wildman–Crippen MR) is 121 cm³/mol. The fraction of sp³-hybridized carbons (Fsp3) is 0.391. The minimum Gasteiger partial charge on any atom is -0.305 e. The van der Waals surface area contributed by atoms with Crippen molar-refractivity contribution < 1.29 is 13.2 Å². The van der Waals surface area contributed by atoms with Gasteiger partial charge in [0, 0.05) is 24.5 Å². The second-order valence-corrected chi connectivity index (χ2v) is 10.8. The summed E-state index contributed by atoms with van der Waals surface area (Å²) in [5.74, 6) is 0.158. The highest BCUT2D eigenvalue weighted by molar-refractivity contribution is 7.89. The van der Waals surface area contributed by atoms with Gasteiger partial charge in [-0.3, -0.25) is 10.1 Å². The van der Waals surface area contributed by atoms with Crippen LogP contribution in [0.5, 0.6) is 0 Å². The highest BCUT2D eigenvalue weighted by atomic mass is 32.2. The van der Waals surface area contributed by atoms with E-state index in [2.05, 4.69) is 31.1 Å². The molecule has 31 heavy (non-hydrogen) atoms. The van der Waals surface area contributed by atoms with Gasteiger partial charge >= 0.3 is 0 Å². The molecule has 164 valence electrons. The normalized spacial score (nSPS) is 16.5. The molecular weight excluding hydrogens is 412 g/mol. The molecule has 1 aliphatic rings. The van der Waals surface area contributed by atoms with Crippen molar-refractivity contribution in [3.05, 3.63) is 54.6 Å². The van der Waals surface area contributed by atoms with Gasteiger partial charge in [0.25, 0.3) is 0 Å². The van der Waals surface area contributed by atoms with Crippen molar-refractivity contribution in [3.8, 4) is 0 Å². The van der Waals surface area contributed by atoms with Gasteiger partial charge in [0.1, 0.15) is 0 Å². The monoisotopic (exact) mass is 440 g/mol. The van der Waals surface area contributed by atoms with E-state index in [9.17, 15) is 13.2 Å². The fourth-order valence-electron chi connectivity index (χ4n) is 4.10. The number of nitrogens with one attached hydrogen (secondary N) is 1. The number of anilines is 1. The number of carbonyl (C=O) groups is 1. The molecule has 0 unspecified atom stereocenters. The average molecular weight is 441 g/mol. The number of hydrogen-bond donors (Lipinski definition) is 1. The highest BCUT2D eigenvalue weighted by Gasteiger charge is 2.33. The summed E-state index contributed by atoms with van der Waals surface area (Å²) in [5.41, 5.74) is 1.54. The molecule has 0 radical (unpaired) electrons. The van der Waals surface area contributed by atoms with Crippen molar-refractivity contribution in [2.24, 2.45) is 5.92 Å². The van der Waals surface area contributed by atoms with Crippen LogP contribution < -0.4 is 5.32 Å². The summed E-state index contributed by atoms with van der Waals surface area (Å²) in [4.78, 5) is 17.9. The van der Waals surface area contributed by atoms with Crippen molar-refractivity contribution in [1.82, 2.24) is 13.9 Å². The summed E-state index contributed by atoms with van der Waals surface area (Å²) in [7, 11) is -3.53. The molecule has 0 bridgehead atoms. The van der Waals surface area contributed by atoms with Crippen LogP contribution in [0, 0.1) is 5.92 Å². The highest BCUT2D eigenvalue weighted by Crippen LogP contribution is 2.29. The maximum Gasteiger partial charge on any atom is 0.243 e. The number of fused-ring (bicyclic) bond motifs is 1. The summed E-state index contributed by atoms with van der Waals surface area (Å²) in [6.07, 6.45) is 0.960. The number of hydrogen-bond acceptors (Lipinski definition) is 4. The van der Waals surface area contributed by atoms with Gasteiger partial charge in [-0.1, -0.05) is 30.3 Å². The number of nitrogens with zero attached hydrogens (tertiary/aromatic N) is 3. The zero-order valence-corrected chi connectivity index (χ0v) is 18.9. The SMILES string of the molecule is CC(C)(C)n1c(NC(=O)C2CCN(S(=O)(=O)c3ccccc3)CC2)nc2ccccc21. The maximum atomic E-state index is 13.0. The van der Waals surface area contributed by atoms with Crippen LogP contribution in [0.4, 0.5) is 5.95 Å². The molecule has 4 rings (SSSR count). The zero-order valence-electron chi connectivity index (χ0n) is 18.1. The van der Waals surface area contributed by atoms with Crippen molar-refractivity contribution >= 4 is 32.9 Å². The second kappa shape index (κ2) is 8.09. The van der Waals surface area contributed by atoms with Crippen molar-refractivity contribution in [3.63, 3.8) is 0 Å². The van der Waals surface area contributed by atoms with Gasteiger partial charge < -0.3 is 4.57 Å². The molecule has 0 spiro atoms. The summed E-state index contributed by atoms with van der Waals surface area (Å²) < 4.78 is 29.1. The Balaban J connectivity index is 1.48. The van der Waals surface area contributed by atoms with Crippen molar-refractivity contribution in [1.29, 1.82) is 0 Å². The van der Waals surface area contributed by atoms with Crippen molar-refractivity contribution in [2.45, 2.75) is 44.0 Å². The molecule has 1 amide bonds. The number of para-hydroxylation sites is 2. The van der Waals surface area contributed by atoms with Gasteiger partial charge in [-0.15, -0.1) is 0 Å². The van der Waals surface area contributed by atoms with E-state index in [-0.39, 0.29) is 22.3 Å². The lowest BCUT2D eigenvalue weighted by atomic mass is 9.97. The fourth-order valence-corrected chi connectivity index (χ4v) is 5.59. The third-order valence-electron chi connectivity index (χ3n) is 5.67. The Labute approximate surface area is 183 Å². The van der Waals surface area contributed by atoms with Crippen molar-refractivity contribution in [2.75, 3.05) is 18.4 Å². The second-order valence-electron chi connectivity index (χ2n) is 8.91. The minimum absolute atomic E-state index is 0.113. The van der Waals surface area contributed by atoms with E-state index < -0.39 is 10.0 Å². The molecular formula is C23H28N4O3S. The van der Waals surface area contributed by atoms with Crippen LogP contribution >= 0.6 is 0 Å². The predicted octanol–water partition coefficient (Wildman–Crippen LogP) is 3.83. The number of sulfonamides is 1. The zero-order chi connectivity index (χ0) is 22.2. The van der Waals surface area contributed by atoms with E-state index in [1.165, 1.54) is 4.31 Å². The van der Waals surface area contributed by atoms with Crippen LogP contribution in [0.25, 0.3) is 11.0 Å². The number of piperidine rings is 1. The Morgan fingerprint density at radius 2 is 1.61 bits per heavy atom. The van der Waals surface area contributed by atoms with E-state index in [1.54, 1.807) is 30.3 Å². The van der Waals surface area contributed by atoms with Gasteiger partial charge in [-0.05, 0) is 57.9 Å². The van der Waals surface area contributed by atoms with Crippen LogP contribution in [-0.4, -0.2) is 41.3 Å². The van der Waals surface area contributed by atoms with Gasteiger partial charge in [0.2, 0.25) is 21.9 Å². The molecule has 3 aromatic rings. The van der Waals surface area contributed by atoms with Crippen LogP contribution in [0.1, 0.15) is 33.6 Å². The molecule has 0 aliphatic carbocycles. The molecule has 8 heteroatoms. The molecule has 1 aliphatic heterocycles. The molecule has 1 N–H and O–H groups in total. The molecule has 0 saturated carbocycles. The lowest BCUT2D eigenvalue weighted by Gasteiger charge is -2.31. The van der Waals surface area contributed by atoms with E-state index in [0.29, 0.717) is 31.9 Å². The van der Waals surface area contributed by atoms with E-state index >= 15 is 0 Å². The average Bonchev–Trinajstić information content (AvgIpc) is 3.12. The Kier molecular flexibility index (Phi) is 5.61. The third kappa shape index (κ3) is 4.22.